The van der Waals surface area contributed by atoms with Crippen LogP contribution in [0.15, 0.2) is 66.7 Å². The number of nitrogens with one attached hydrogen (secondary N) is 1. The number of methoxy groups -OCH3 is 1. The van der Waals surface area contributed by atoms with Gasteiger partial charge in [-0.2, -0.15) is 0 Å². The van der Waals surface area contributed by atoms with E-state index in [1.165, 1.54) is 0 Å². The van der Waals surface area contributed by atoms with Gasteiger partial charge in [0.25, 0.3) is 5.91 Å². The van der Waals surface area contributed by atoms with Crippen molar-refractivity contribution in [3.05, 3.63) is 72.3 Å². The van der Waals surface area contributed by atoms with E-state index in [2.05, 4.69) is 15.3 Å². The lowest BCUT2D eigenvalue weighted by molar-refractivity contribution is 0.102. The van der Waals surface area contributed by atoms with Gasteiger partial charge in [0.1, 0.15) is 11.3 Å². The third-order valence-corrected chi connectivity index (χ3v) is 3.96. The molecule has 0 aliphatic heterocycles. The zero-order valence-corrected chi connectivity index (χ0v) is 13.6. The van der Waals surface area contributed by atoms with Crippen molar-refractivity contribution in [3.8, 4) is 5.75 Å². The molecule has 1 N–H and O–H groups in total. The van der Waals surface area contributed by atoms with Crippen molar-refractivity contribution in [1.29, 1.82) is 0 Å². The van der Waals surface area contributed by atoms with Gasteiger partial charge in [-0.1, -0.05) is 18.2 Å². The highest BCUT2D eigenvalue weighted by molar-refractivity contribution is 6.12. The summed E-state index contributed by atoms with van der Waals surface area (Å²) in [6.45, 7) is 0. The molecule has 1 heterocycles. The molecule has 1 aromatic heterocycles. The molecule has 4 rings (SSSR count). The lowest BCUT2D eigenvalue weighted by Crippen LogP contribution is -2.13. The molecular formula is C20H15N3O2. The van der Waals surface area contributed by atoms with E-state index in [1.807, 2.05) is 36.4 Å². The Morgan fingerprint density at radius 3 is 2.24 bits per heavy atom. The third-order valence-electron chi connectivity index (χ3n) is 3.96. The fourth-order valence-corrected chi connectivity index (χ4v) is 2.70. The van der Waals surface area contributed by atoms with E-state index in [0.29, 0.717) is 22.3 Å². The minimum absolute atomic E-state index is 0.222. The van der Waals surface area contributed by atoms with Gasteiger partial charge in [-0.25, -0.2) is 9.97 Å². The Balaban J connectivity index is 1.74. The molecule has 0 saturated carbocycles. The number of fused-ring (bicyclic) bond motifs is 2. The van der Waals surface area contributed by atoms with E-state index >= 15 is 0 Å². The van der Waals surface area contributed by atoms with Gasteiger partial charge in [-0.3, -0.25) is 4.79 Å². The van der Waals surface area contributed by atoms with Crippen LogP contribution in [0.25, 0.3) is 22.1 Å². The second-order valence-corrected chi connectivity index (χ2v) is 5.57. The van der Waals surface area contributed by atoms with Crippen LogP contribution in [-0.2, 0) is 0 Å². The van der Waals surface area contributed by atoms with Crippen molar-refractivity contribution < 1.29 is 9.53 Å². The summed E-state index contributed by atoms with van der Waals surface area (Å²) in [5.41, 5.74) is 4.04. The first-order valence-corrected chi connectivity index (χ1v) is 7.85. The highest BCUT2D eigenvalue weighted by Crippen LogP contribution is 2.21. The Kier molecular flexibility index (Phi) is 3.74. The van der Waals surface area contributed by atoms with Gasteiger partial charge >= 0.3 is 0 Å². The summed E-state index contributed by atoms with van der Waals surface area (Å²) in [4.78, 5) is 21.9. The predicted octanol–water partition coefficient (Wildman–Crippen LogP) is 4.04. The zero-order chi connectivity index (χ0) is 17.2. The van der Waals surface area contributed by atoms with E-state index < -0.39 is 0 Å². The standard InChI is InChI=1S/C20H15N3O2/c1-25-14-11-9-13(10-12-14)21-20(24)15-5-4-8-18-19(15)23-17-7-3-2-6-16(17)22-18/h2-12H,1H3,(H,21,24). The minimum Gasteiger partial charge on any atom is -0.497 e. The molecule has 5 heteroatoms. The Morgan fingerprint density at radius 1 is 0.840 bits per heavy atom. The first-order valence-electron chi connectivity index (χ1n) is 7.85. The lowest BCUT2D eigenvalue weighted by atomic mass is 10.1. The fraction of sp³-hybridized carbons (Fsp3) is 0.0500. The van der Waals surface area contributed by atoms with Crippen molar-refractivity contribution in [1.82, 2.24) is 9.97 Å². The van der Waals surface area contributed by atoms with E-state index in [4.69, 9.17) is 4.74 Å². The predicted molar refractivity (Wildman–Crippen MR) is 98.0 cm³/mol. The number of amides is 1. The Morgan fingerprint density at radius 2 is 1.52 bits per heavy atom. The van der Waals surface area contributed by atoms with Crippen LogP contribution in [0.2, 0.25) is 0 Å². The number of rotatable bonds is 3. The van der Waals surface area contributed by atoms with Crippen LogP contribution >= 0.6 is 0 Å². The summed E-state index contributed by atoms with van der Waals surface area (Å²) in [5, 5.41) is 2.89. The molecule has 0 fully saturated rings. The molecule has 0 aliphatic carbocycles. The number of benzene rings is 3. The normalized spacial score (nSPS) is 10.8. The van der Waals surface area contributed by atoms with E-state index in [9.17, 15) is 4.79 Å². The second-order valence-electron chi connectivity index (χ2n) is 5.57. The monoisotopic (exact) mass is 329 g/mol. The summed E-state index contributed by atoms with van der Waals surface area (Å²) in [6.07, 6.45) is 0. The molecule has 1 amide bonds. The van der Waals surface area contributed by atoms with Gasteiger partial charge in [0, 0.05) is 5.69 Å². The first-order chi connectivity index (χ1) is 12.2. The SMILES string of the molecule is COc1ccc(NC(=O)c2cccc3nc4ccccc4nc23)cc1. The number of hydrogen-bond donors (Lipinski definition) is 1. The summed E-state index contributed by atoms with van der Waals surface area (Å²) in [5.74, 6) is 0.515. The van der Waals surface area contributed by atoms with Gasteiger partial charge in [0.2, 0.25) is 0 Å². The molecule has 0 bridgehead atoms. The molecule has 25 heavy (non-hydrogen) atoms. The summed E-state index contributed by atoms with van der Waals surface area (Å²) < 4.78 is 5.13. The van der Waals surface area contributed by atoms with Crippen LogP contribution in [-0.4, -0.2) is 23.0 Å². The Hall–Kier alpha value is -3.47. The van der Waals surface area contributed by atoms with Crippen molar-refractivity contribution in [2.75, 3.05) is 12.4 Å². The van der Waals surface area contributed by atoms with Crippen LogP contribution in [0.3, 0.4) is 0 Å². The van der Waals surface area contributed by atoms with E-state index in [0.717, 1.165) is 16.8 Å². The number of hydrogen-bond acceptors (Lipinski definition) is 4. The maximum absolute atomic E-state index is 12.7. The first kappa shape index (κ1) is 15.1. The molecule has 0 radical (unpaired) electrons. The number of carbonyl (C=O) groups excluding carboxylic acids is 1. The number of carbonyl (C=O) groups is 1. The number of aromatic nitrogens is 2. The van der Waals surface area contributed by atoms with Gasteiger partial charge in [-0.05, 0) is 48.5 Å². The van der Waals surface area contributed by atoms with Crippen LogP contribution in [0.5, 0.6) is 5.75 Å². The largest absolute Gasteiger partial charge is 0.497 e. The van der Waals surface area contributed by atoms with Gasteiger partial charge in [-0.15, -0.1) is 0 Å². The molecule has 0 saturated heterocycles. The van der Waals surface area contributed by atoms with Crippen molar-refractivity contribution in [2.45, 2.75) is 0 Å². The smallest absolute Gasteiger partial charge is 0.257 e. The minimum atomic E-state index is -0.222. The number of nitrogens with zero attached hydrogens (tertiary/aromatic N) is 2. The van der Waals surface area contributed by atoms with Crippen LogP contribution < -0.4 is 10.1 Å². The topological polar surface area (TPSA) is 64.1 Å². The van der Waals surface area contributed by atoms with Crippen molar-refractivity contribution in [2.24, 2.45) is 0 Å². The maximum atomic E-state index is 12.7. The molecule has 122 valence electrons. The van der Waals surface area contributed by atoms with Crippen LogP contribution in [0.1, 0.15) is 10.4 Å². The van der Waals surface area contributed by atoms with Gasteiger partial charge in [0.05, 0.1) is 29.2 Å². The summed E-state index contributed by atoms with van der Waals surface area (Å²) in [7, 11) is 1.60. The quantitative estimate of drug-likeness (QED) is 0.576. The molecule has 5 nitrogen and oxygen atoms in total. The molecule has 0 atom stereocenters. The zero-order valence-electron chi connectivity index (χ0n) is 13.6. The highest BCUT2D eigenvalue weighted by Gasteiger charge is 2.13. The number of para-hydroxylation sites is 3. The molecule has 4 aromatic rings. The molecule has 0 spiro atoms. The fourth-order valence-electron chi connectivity index (χ4n) is 2.70. The molecule has 0 aliphatic rings. The van der Waals surface area contributed by atoms with Gasteiger partial charge in [0.15, 0.2) is 0 Å². The Labute approximate surface area is 144 Å². The third kappa shape index (κ3) is 2.87. The molecule has 3 aromatic carbocycles. The van der Waals surface area contributed by atoms with E-state index in [1.54, 1.807) is 37.4 Å². The average Bonchev–Trinajstić information content (AvgIpc) is 2.66. The second kappa shape index (κ2) is 6.20. The number of ether oxygens (including phenoxy) is 1. The van der Waals surface area contributed by atoms with Crippen molar-refractivity contribution in [3.63, 3.8) is 0 Å². The number of anilines is 1. The molecular weight excluding hydrogens is 314 g/mol. The lowest BCUT2D eigenvalue weighted by Gasteiger charge is -2.09. The van der Waals surface area contributed by atoms with E-state index in [-0.39, 0.29) is 5.91 Å². The summed E-state index contributed by atoms with van der Waals surface area (Å²) >= 11 is 0. The molecule has 0 unspecified atom stereocenters. The maximum Gasteiger partial charge on any atom is 0.257 e. The van der Waals surface area contributed by atoms with Crippen LogP contribution in [0.4, 0.5) is 5.69 Å². The van der Waals surface area contributed by atoms with Crippen molar-refractivity contribution >= 4 is 33.7 Å². The van der Waals surface area contributed by atoms with Gasteiger partial charge < -0.3 is 10.1 Å². The highest BCUT2D eigenvalue weighted by atomic mass is 16.5. The van der Waals surface area contributed by atoms with Crippen LogP contribution in [0, 0.1) is 0 Å². The summed E-state index contributed by atoms with van der Waals surface area (Å²) in [6, 6.07) is 20.2. The average molecular weight is 329 g/mol. The Bertz CT molecular complexity index is 1080.